The van der Waals surface area contributed by atoms with E-state index in [2.05, 4.69) is 51.0 Å². The highest BCUT2D eigenvalue weighted by molar-refractivity contribution is 6.74. The van der Waals surface area contributed by atoms with Crippen LogP contribution in [0.3, 0.4) is 0 Å². The fourth-order valence-corrected chi connectivity index (χ4v) is 5.24. The van der Waals surface area contributed by atoms with Gasteiger partial charge in [0.05, 0.1) is 30.6 Å². The number of nitrogens with zero attached hydrogens (tertiary/aromatic N) is 4. The van der Waals surface area contributed by atoms with Gasteiger partial charge in [-0.2, -0.15) is 5.10 Å². The van der Waals surface area contributed by atoms with Gasteiger partial charge in [0, 0.05) is 18.6 Å². The molecule has 10 heteroatoms. The van der Waals surface area contributed by atoms with E-state index in [9.17, 15) is 5.11 Å². The van der Waals surface area contributed by atoms with Gasteiger partial charge in [-0.15, -0.1) is 0 Å². The van der Waals surface area contributed by atoms with E-state index in [-0.39, 0.29) is 23.5 Å². The largest absolute Gasteiger partial charge is 0.543 e. The summed E-state index contributed by atoms with van der Waals surface area (Å²) in [6.45, 7) is 16.5. The molecule has 1 N–H and O–H groups in total. The normalized spacial score (nSPS) is 18.2. The number of ether oxygens (including phenoxy) is 3. The van der Waals surface area contributed by atoms with E-state index in [0.29, 0.717) is 31.2 Å². The molecular formula is C29H44N4O5Si. The molecule has 0 amide bonds. The Kier molecular flexibility index (Phi) is 9.31. The van der Waals surface area contributed by atoms with Crippen molar-refractivity contribution in [1.82, 2.24) is 19.7 Å². The first-order valence-electron chi connectivity index (χ1n) is 14.0. The molecule has 3 unspecified atom stereocenters. The molecule has 0 radical (unpaired) electrons. The molecule has 0 saturated carbocycles. The van der Waals surface area contributed by atoms with E-state index in [1.807, 2.05) is 17.7 Å². The molecule has 1 aromatic carbocycles. The SMILES string of the molecule is CC(O)CCOCC(C)Oc1cncc(-c2nn(C3CCCCO3)c3ccc(O[Si](C)(C)C(C)(C)C)cc23)n1. The minimum atomic E-state index is -2.03. The third kappa shape index (κ3) is 7.36. The van der Waals surface area contributed by atoms with Crippen LogP contribution < -0.4 is 9.16 Å². The average Bonchev–Trinajstić information content (AvgIpc) is 3.25. The number of aliphatic hydroxyl groups excluding tert-OH is 1. The highest BCUT2D eigenvalue weighted by atomic mass is 28.4. The zero-order valence-corrected chi connectivity index (χ0v) is 25.4. The summed E-state index contributed by atoms with van der Waals surface area (Å²) in [6.07, 6.45) is 6.27. The molecule has 0 aliphatic carbocycles. The molecule has 0 bridgehead atoms. The van der Waals surface area contributed by atoms with E-state index in [4.69, 9.17) is 28.7 Å². The standard InChI is InChI=1S/C29H44N4O5Si/c1-20(34)13-15-35-19-21(2)37-26-18-30-17-24(31-26)28-23-16-22(38-39(6,7)29(3,4)5)11-12-25(23)33(32-28)27-10-8-9-14-36-27/h11-12,16-18,20-21,27,34H,8-10,13-15,19H2,1-7H3. The number of rotatable bonds is 11. The minimum absolute atomic E-state index is 0.0821. The van der Waals surface area contributed by atoms with E-state index in [1.54, 1.807) is 19.3 Å². The zero-order valence-electron chi connectivity index (χ0n) is 24.4. The number of aliphatic hydroxyl groups is 1. The van der Waals surface area contributed by atoms with Crippen LogP contribution in [0.4, 0.5) is 0 Å². The molecule has 1 fully saturated rings. The lowest BCUT2D eigenvalue weighted by molar-refractivity contribution is -0.0365. The van der Waals surface area contributed by atoms with Crippen LogP contribution in [-0.4, -0.2) is 65.2 Å². The second-order valence-corrected chi connectivity index (χ2v) is 16.8. The van der Waals surface area contributed by atoms with Crippen molar-refractivity contribution < 1.29 is 23.7 Å². The highest BCUT2D eigenvalue weighted by Gasteiger charge is 2.39. The van der Waals surface area contributed by atoms with Crippen molar-refractivity contribution in [3.8, 4) is 23.0 Å². The maximum Gasteiger partial charge on any atom is 0.250 e. The van der Waals surface area contributed by atoms with Gasteiger partial charge in [-0.05, 0) is 75.9 Å². The van der Waals surface area contributed by atoms with Crippen LogP contribution in [0.25, 0.3) is 22.3 Å². The number of benzene rings is 1. The van der Waals surface area contributed by atoms with E-state index < -0.39 is 8.32 Å². The molecule has 2 aromatic heterocycles. The fraction of sp³-hybridized carbons (Fsp3) is 0.621. The summed E-state index contributed by atoms with van der Waals surface area (Å²) in [4.78, 5) is 9.17. The van der Waals surface area contributed by atoms with Crippen molar-refractivity contribution in [2.24, 2.45) is 0 Å². The van der Waals surface area contributed by atoms with Gasteiger partial charge < -0.3 is 23.7 Å². The third-order valence-corrected chi connectivity index (χ3v) is 11.9. The Hall–Kier alpha value is -2.53. The average molecular weight is 557 g/mol. The van der Waals surface area contributed by atoms with Crippen LogP contribution in [0.1, 0.15) is 66.5 Å². The van der Waals surface area contributed by atoms with Crippen molar-refractivity contribution in [1.29, 1.82) is 0 Å². The second-order valence-electron chi connectivity index (χ2n) is 12.0. The van der Waals surface area contributed by atoms with Gasteiger partial charge in [-0.1, -0.05) is 20.8 Å². The molecule has 9 nitrogen and oxygen atoms in total. The fourth-order valence-electron chi connectivity index (χ4n) is 4.22. The first kappa shape index (κ1) is 29.4. The molecule has 39 heavy (non-hydrogen) atoms. The molecular weight excluding hydrogens is 512 g/mol. The maximum absolute atomic E-state index is 9.41. The molecule has 3 aromatic rings. The van der Waals surface area contributed by atoms with Gasteiger partial charge in [-0.25, -0.2) is 9.67 Å². The Balaban J connectivity index is 1.64. The summed E-state index contributed by atoms with van der Waals surface area (Å²) in [7, 11) is -2.03. The van der Waals surface area contributed by atoms with Crippen molar-refractivity contribution >= 4 is 19.2 Å². The van der Waals surface area contributed by atoms with E-state index in [1.165, 1.54) is 0 Å². The van der Waals surface area contributed by atoms with Gasteiger partial charge in [0.1, 0.15) is 23.2 Å². The molecule has 1 saturated heterocycles. The predicted molar refractivity (Wildman–Crippen MR) is 155 cm³/mol. The summed E-state index contributed by atoms with van der Waals surface area (Å²) in [6, 6.07) is 6.19. The lowest BCUT2D eigenvalue weighted by Gasteiger charge is -2.36. The van der Waals surface area contributed by atoms with Gasteiger partial charge in [0.25, 0.3) is 0 Å². The second kappa shape index (κ2) is 12.3. The molecule has 214 valence electrons. The number of hydrogen-bond donors (Lipinski definition) is 1. The van der Waals surface area contributed by atoms with Crippen LogP contribution in [0.5, 0.6) is 11.6 Å². The van der Waals surface area contributed by atoms with Crippen LogP contribution in [-0.2, 0) is 9.47 Å². The van der Waals surface area contributed by atoms with E-state index >= 15 is 0 Å². The van der Waals surface area contributed by atoms with Crippen LogP contribution in [0, 0.1) is 0 Å². The quantitative estimate of drug-likeness (QED) is 0.222. The summed E-state index contributed by atoms with van der Waals surface area (Å²) >= 11 is 0. The Bertz CT molecular complexity index is 1230. The monoisotopic (exact) mass is 556 g/mol. The Labute approximate surface area is 233 Å². The van der Waals surface area contributed by atoms with Gasteiger partial charge in [-0.3, -0.25) is 4.98 Å². The number of aromatic nitrogens is 4. The molecule has 1 aliphatic rings. The molecule has 0 spiro atoms. The molecule has 3 heterocycles. The third-order valence-electron chi connectivity index (χ3n) is 7.49. The van der Waals surface area contributed by atoms with E-state index in [0.717, 1.165) is 48.2 Å². The summed E-state index contributed by atoms with van der Waals surface area (Å²) in [5.74, 6) is 1.24. The summed E-state index contributed by atoms with van der Waals surface area (Å²) in [5, 5.41) is 15.4. The molecule has 4 rings (SSSR count). The minimum Gasteiger partial charge on any atom is -0.543 e. The maximum atomic E-state index is 9.41. The summed E-state index contributed by atoms with van der Waals surface area (Å²) in [5.41, 5.74) is 2.32. The smallest absolute Gasteiger partial charge is 0.250 e. The molecule has 1 aliphatic heterocycles. The van der Waals surface area contributed by atoms with Crippen LogP contribution in [0.15, 0.2) is 30.6 Å². The van der Waals surface area contributed by atoms with Crippen molar-refractivity contribution in [3.05, 3.63) is 30.6 Å². The number of fused-ring (bicyclic) bond motifs is 1. The zero-order chi connectivity index (χ0) is 28.2. The number of hydrogen-bond acceptors (Lipinski definition) is 8. The van der Waals surface area contributed by atoms with Gasteiger partial charge in [0.15, 0.2) is 6.23 Å². The van der Waals surface area contributed by atoms with Crippen molar-refractivity contribution in [3.63, 3.8) is 0 Å². The first-order valence-corrected chi connectivity index (χ1v) is 16.9. The summed E-state index contributed by atoms with van der Waals surface area (Å²) < 4.78 is 26.3. The Morgan fingerprint density at radius 2 is 1.97 bits per heavy atom. The van der Waals surface area contributed by atoms with Crippen molar-refractivity contribution in [2.45, 2.75) is 96.9 Å². The van der Waals surface area contributed by atoms with Gasteiger partial charge >= 0.3 is 0 Å². The first-order chi connectivity index (χ1) is 18.4. The highest BCUT2D eigenvalue weighted by Crippen LogP contribution is 2.39. The van der Waals surface area contributed by atoms with Gasteiger partial charge in [0.2, 0.25) is 14.2 Å². The predicted octanol–water partition coefficient (Wildman–Crippen LogP) is 6.13. The molecule has 3 atom stereocenters. The topological polar surface area (TPSA) is 101 Å². The Morgan fingerprint density at radius 3 is 2.67 bits per heavy atom. The Morgan fingerprint density at radius 1 is 1.18 bits per heavy atom. The van der Waals surface area contributed by atoms with Crippen molar-refractivity contribution in [2.75, 3.05) is 19.8 Å². The lowest BCUT2D eigenvalue weighted by atomic mass is 10.1. The van der Waals surface area contributed by atoms with Crippen LogP contribution in [0.2, 0.25) is 18.1 Å². The van der Waals surface area contributed by atoms with Crippen LogP contribution >= 0.6 is 0 Å². The lowest BCUT2D eigenvalue weighted by Crippen LogP contribution is -2.43.